The number of thiophene rings is 1. The molecular weight excluding hydrogens is 296 g/mol. The van der Waals surface area contributed by atoms with E-state index in [9.17, 15) is 0 Å². The molecule has 0 aliphatic heterocycles. The molecule has 0 spiro atoms. The van der Waals surface area contributed by atoms with Crippen LogP contribution in [-0.4, -0.2) is 7.11 Å². The van der Waals surface area contributed by atoms with Gasteiger partial charge in [-0.05, 0) is 43.2 Å². The highest BCUT2D eigenvalue weighted by molar-refractivity contribution is 9.09. The smallest absolute Gasteiger partial charge is 0.119 e. The Kier molecular flexibility index (Phi) is 4.24. The zero-order valence-electron chi connectivity index (χ0n) is 9.94. The molecule has 0 saturated heterocycles. The van der Waals surface area contributed by atoms with Crippen molar-refractivity contribution in [2.24, 2.45) is 0 Å². The lowest BCUT2D eigenvalue weighted by Gasteiger charge is -2.09. The van der Waals surface area contributed by atoms with Crippen molar-refractivity contribution in [3.8, 4) is 5.75 Å². The number of hydrogen-bond donors (Lipinski definition) is 0. The van der Waals surface area contributed by atoms with Gasteiger partial charge in [-0.1, -0.05) is 28.1 Å². The maximum absolute atomic E-state index is 5.23. The maximum atomic E-state index is 5.23. The first-order chi connectivity index (χ1) is 8.19. The molecule has 1 unspecified atom stereocenters. The molecule has 2 aromatic rings. The van der Waals surface area contributed by atoms with Crippen LogP contribution < -0.4 is 4.74 Å². The molecular formula is C14H15BrOS. The van der Waals surface area contributed by atoms with Gasteiger partial charge in [-0.3, -0.25) is 0 Å². The molecule has 1 aromatic heterocycles. The first-order valence-corrected chi connectivity index (χ1v) is 7.25. The molecule has 3 heteroatoms. The second kappa shape index (κ2) is 5.69. The summed E-state index contributed by atoms with van der Waals surface area (Å²) < 4.78 is 5.23. The number of hydrogen-bond acceptors (Lipinski definition) is 2. The molecule has 1 heterocycles. The van der Waals surface area contributed by atoms with Crippen molar-refractivity contribution in [2.75, 3.05) is 7.11 Å². The Balaban J connectivity index is 2.09. The van der Waals surface area contributed by atoms with Crippen LogP contribution in [0.15, 0.2) is 36.4 Å². The predicted molar refractivity (Wildman–Crippen MR) is 77.4 cm³/mol. The van der Waals surface area contributed by atoms with Crippen LogP contribution in [0, 0.1) is 6.92 Å². The van der Waals surface area contributed by atoms with Crippen LogP contribution in [0.25, 0.3) is 0 Å². The second-order valence-corrected chi connectivity index (χ2v) is 6.40. The van der Waals surface area contributed by atoms with Crippen molar-refractivity contribution < 1.29 is 4.74 Å². The minimum atomic E-state index is 0.383. The Morgan fingerprint density at radius 2 is 2.12 bits per heavy atom. The van der Waals surface area contributed by atoms with E-state index in [2.05, 4.69) is 47.1 Å². The third-order valence-corrected chi connectivity index (χ3v) is 4.85. The number of benzene rings is 1. The average Bonchev–Trinajstić information content (AvgIpc) is 2.76. The van der Waals surface area contributed by atoms with Crippen molar-refractivity contribution in [3.05, 3.63) is 51.7 Å². The van der Waals surface area contributed by atoms with E-state index in [1.54, 1.807) is 7.11 Å². The average molecular weight is 311 g/mol. The van der Waals surface area contributed by atoms with Crippen molar-refractivity contribution in [1.29, 1.82) is 0 Å². The third-order valence-electron chi connectivity index (χ3n) is 2.62. The number of alkyl halides is 1. The van der Waals surface area contributed by atoms with E-state index in [4.69, 9.17) is 4.74 Å². The SMILES string of the molecule is COc1cccc(CC(Br)c2ccc(C)s2)c1. The zero-order valence-corrected chi connectivity index (χ0v) is 12.3. The largest absolute Gasteiger partial charge is 0.497 e. The summed E-state index contributed by atoms with van der Waals surface area (Å²) in [4.78, 5) is 3.12. The standard InChI is InChI=1S/C14H15BrOS/c1-10-6-7-14(17-10)13(15)9-11-4-3-5-12(8-11)16-2/h3-8,13H,9H2,1-2H3. The molecule has 0 radical (unpaired) electrons. The van der Waals surface area contributed by atoms with Crippen LogP contribution in [0.5, 0.6) is 5.75 Å². The van der Waals surface area contributed by atoms with Crippen molar-refractivity contribution in [3.63, 3.8) is 0 Å². The highest BCUT2D eigenvalue weighted by atomic mass is 79.9. The molecule has 0 amide bonds. The quantitative estimate of drug-likeness (QED) is 0.741. The lowest BCUT2D eigenvalue weighted by Crippen LogP contribution is -1.93. The Morgan fingerprint density at radius 3 is 2.76 bits per heavy atom. The molecule has 17 heavy (non-hydrogen) atoms. The third kappa shape index (κ3) is 3.33. The first-order valence-electron chi connectivity index (χ1n) is 5.52. The molecule has 1 atom stereocenters. The number of halogens is 1. The van der Waals surface area contributed by atoms with Gasteiger partial charge in [-0.25, -0.2) is 0 Å². The summed E-state index contributed by atoms with van der Waals surface area (Å²) in [6.45, 7) is 2.14. The number of aryl methyl sites for hydroxylation is 1. The summed E-state index contributed by atoms with van der Waals surface area (Å²) in [6, 6.07) is 12.6. The molecule has 0 aliphatic carbocycles. The normalized spacial score (nSPS) is 12.4. The summed E-state index contributed by atoms with van der Waals surface area (Å²) in [6.07, 6.45) is 0.983. The van der Waals surface area contributed by atoms with E-state index in [1.807, 2.05) is 23.5 Å². The molecule has 1 aromatic carbocycles. The minimum Gasteiger partial charge on any atom is -0.497 e. The van der Waals surface area contributed by atoms with Gasteiger partial charge in [0.1, 0.15) is 5.75 Å². The Labute approximate surface area is 115 Å². The highest BCUT2D eigenvalue weighted by Crippen LogP contribution is 2.32. The van der Waals surface area contributed by atoms with Crippen molar-refractivity contribution in [1.82, 2.24) is 0 Å². The molecule has 0 saturated carbocycles. The molecule has 0 fully saturated rings. The van der Waals surface area contributed by atoms with E-state index in [0.717, 1.165) is 12.2 Å². The van der Waals surface area contributed by atoms with Gasteiger partial charge in [0.15, 0.2) is 0 Å². The number of methoxy groups -OCH3 is 1. The molecule has 1 nitrogen and oxygen atoms in total. The number of ether oxygens (including phenoxy) is 1. The summed E-state index contributed by atoms with van der Waals surface area (Å²) in [7, 11) is 1.70. The fourth-order valence-electron chi connectivity index (χ4n) is 1.73. The molecule has 2 rings (SSSR count). The predicted octanol–water partition coefficient (Wildman–Crippen LogP) is 4.74. The fourth-order valence-corrected chi connectivity index (χ4v) is 3.39. The van der Waals surface area contributed by atoms with Gasteiger partial charge in [-0.2, -0.15) is 0 Å². The van der Waals surface area contributed by atoms with Gasteiger partial charge >= 0.3 is 0 Å². The lowest BCUT2D eigenvalue weighted by atomic mass is 10.1. The van der Waals surface area contributed by atoms with Gasteiger partial charge in [0.2, 0.25) is 0 Å². The Hall–Kier alpha value is -0.800. The van der Waals surface area contributed by atoms with Gasteiger partial charge in [0.25, 0.3) is 0 Å². The van der Waals surface area contributed by atoms with Gasteiger partial charge in [-0.15, -0.1) is 11.3 Å². The van der Waals surface area contributed by atoms with Crippen LogP contribution in [0.1, 0.15) is 20.1 Å². The summed E-state index contributed by atoms with van der Waals surface area (Å²) in [5.74, 6) is 0.921. The Morgan fingerprint density at radius 1 is 1.29 bits per heavy atom. The van der Waals surface area contributed by atoms with Gasteiger partial charge in [0.05, 0.1) is 11.9 Å². The van der Waals surface area contributed by atoms with Crippen LogP contribution >= 0.6 is 27.3 Å². The molecule has 0 N–H and O–H groups in total. The van der Waals surface area contributed by atoms with E-state index < -0.39 is 0 Å². The second-order valence-electron chi connectivity index (χ2n) is 3.97. The number of rotatable bonds is 4. The summed E-state index contributed by atoms with van der Waals surface area (Å²) in [5.41, 5.74) is 1.29. The molecule has 0 bridgehead atoms. The summed E-state index contributed by atoms with van der Waals surface area (Å²) >= 11 is 5.60. The molecule has 0 aliphatic rings. The van der Waals surface area contributed by atoms with Crippen LogP contribution in [0.3, 0.4) is 0 Å². The van der Waals surface area contributed by atoms with Crippen molar-refractivity contribution >= 4 is 27.3 Å². The van der Waals surface area contributed by atoms with Gasteiger partial charge in [0, 0.05) is 9.75 Å². The van der Waals surface area contributed by atoms with E-state index in [-0.39, 0.29) is 0 Å². The zero-order chi connectivity index (χ0) is 12.3. The fraction of sp³-hybridized carbons (Fsp3) is 0.286. The molecule has 90 valence electrons. The van der Waals surface area contributed by atoms with Crippen LogP contribution in [0.4, 0.5) is 0 Å². The van der Waals surface area contributed by atoms with Crippen molar-refractivity contribution in [2.45, 2.75) is 18.2 Å². The van der Waals surface area contributed by atoms with Gasteiger partial charge < -0.3 is 4.74 Å². The lowest BCUT2D eigenvalue weighted by molar-refractivity contribution is 0.414. The van der Waals surface area contributed by atoms with E-state index >= 15 is 0 Å². The topological polar surface area (TPSA) is 9.23 Å². The Bertz CT molecular complexity index is 492. The first kappa shape index (κ1) is 12.7. The van der Waals surface area contributed by atoms with Crippen LogP contribution in [-0.2, 0) is 6.42 Å². The van der Waals surface area contributed by atoms with E-state index in [0.29, 0.717) is 4.83 Å². The monoisotopic (exact) mass is 310 g/mol. The highest BCUT2D eigenvalue weighted by Gasteiger charge is 2.10. The summed E-state index contributed by atoms with van der Waals surface area (Å²) in [5, 5.41) is 0. The van der Waals surface area contributed by atoms with Crippen LogP contribution in [0.2, 0.25) is 0 Å². The minimum absolute atomic E-state index is 0.383. The maximum Gasteiger partial charge on any atom is 0.119 e. The van der Waals surface area contributed by atoms with E-state index in [1.165, 1.54) is 15.3 Å².